The van der Waals surface area contributed by atoms with E-state index in [1.165, 1.54) is 24.3 Å². The van der Waals surface area contributed by atoms with Crippen LogP contribution in [0.3, 0.4) is 0 Å². The molecule has 0 amide bonds. The Bertz CT molecular complexity index is 891. The molecule has 0 heterocycles. The monoisotopic (exact) mass is 367 g/mol. The van der Waals surface area contributed by atoms with Crippen LogP contribution in [0.15, 0.2) is 64.4 Å². The summed E-state index contributed by atoms with van der Waals surface area (Å²) in [4.78, 5) is -0.0613. The zero-order valence-corrected chi connectivity index (χ0v) is 15.3. The van der Waals surface area contributed by atoms with Crippen LogP contribution in [0.1, 0.15) is 24.8 Å². The minimum absolute atomic E-state index is 0.0134. The summed E-state index contributed by atoms with van der Waals surface area (Å²) in [5.41, 5.74) is 1.06. The molecule has 7 heteroatoms. The zero-order chi connectivity index (χ0) is 17.8. The Kier molecular flexibility index (Phi) is 5.79. The lowest BCUT2D eigenvalue weighted by Gasteiger charge is -2.16. The topological polar surface area (TPSA) is 80.3 Å². The highest BCUT2D eigenvalue weighted by molar-refractivity contribution is 7.91. The summed E-state index contributed by atoms with van der Waals surface area (Å²) < 4.78 is 50.7. The van der Waals surface area contributed by atoms with E-state index in [9.17, 15) is 16.8 Å². The van der Waals surface area contributed by atoms with Crippen molar-refractivity contribution in [1.29, 1.82) is 0 Å². The van der Waals surface area contributed by atoms with Gasteiger partial charge >= 0.3 is 0 Å². The van der Waals surface area contributed by atoms with Crippen LogP contribution in [0.5, 0.6) is 0 Å². The van der Waals surface area contributed by atoms with E-state index in [1.807, 2.05) is 37.3 Å². The third kappa shape index (κ3) is 4.66. The molecular weight excluding hydrogens is 346 g/mol. The highest BCUT2D eigenvalue weighted by atomic mass is 32.2. The van der Waals surface area contributed by atoms with Crippen molar-refractivity contribution in [3.05, 3.63) is 60.2 Å². The second kappa shape index (κ2) is 7.46. The van der Waals surface area contributed by atoms with Crippen molar-refractivity contribution in [2.45, 2.75) is 29.1 Å². The molecule has 0 saturated heterocycles. The standard InChI is InChI=1S/C17H21NO4S2/c1-3-14(15-8-5-4-6-9-15)13-18-24(21,22)17-11-7-10-16(12-17)23(2,19)20/h4-12,14,18H,3,13H2,1-2H3. The van der Waals surface area contributed by atoms with Gasteiger partial charge in [-0.25, -0.2) is 21.6 Å². The van der Waals surface area contributed by atoms with Crippen molar-refractivity contribution >= 4 is 19.9 Å². The number of hydrogen-bond donors (Lipinski definition) is 1. The van der Waals surface area contributed by atoms with Gasteiger partial charge in [-0.05, 0) is 36.1 Å². The fourth-order valence-corrected chi connectivity index (χ4v) is 4.26. The summed E-state index contributed by atoms with van der Waals surface area (Å²) in [6, 6.07) is 15.1. The number of benzene rings is 2. The highest BCUT2D eigenvalue weighted by Gasteiger charge is 2.19. The first-order chi connectivity index (χ1) is 11.2. The van der Waals surface area contributed by atoms with Gasteiger partial charge in [0.15, 0.2) is 9.84 Å². The van der Waals surface area contributed by atoms with E-state index in [1.54, 1.807) is 0 Å². The highest BCUT2D eigenvalue weighted by Crippen LogP contribution is 2.20. The second-order valence-electron chi connectivity index (χ2n) is 5.61. The molecular formula is C17H21NO4S2. The summed E-state index contributed by atoms with van der Waals surface area (Å²) in [5, 5.41) is 0. The number of sulfonamides is 1. The minimum Gasteiger partial charge on any atom is -0.224 e. The molecule has 1 atom stereocenters. The molecule has 0 aliphatic rings. The third-order valence-electron chi connectivity index (χ3n) is 3.83. The average molecular weight is 367 g/mol. The van der Waals surface area contributed by atoms with Crippen LogP contribution in [-0.2, 0) is 19.9 Å². The third-order valence-corrected chi connectivity index (χ3v) is 6.36. The van der Waals surface area contributed by atoms with Crippen LogP contribution >= 0.6 is 0 Å². The van der Waals surface area contributed by atoms with Gasteiger partial charge in [0.25, 0.3) is 0 Å². The van der Waals surface area contributed by atoms with Crippen molar-refractivity contribution in [3.8, 4) is 0 Å². The minimum atomic E-state index is -3.77. The maximum absolute atomic E-state index is 12.5. The number of hydrogen-bond acceptors (Lipinski definition) is 4. The van der Waals surface area contributed by atoms with E-state index in [0.717, 1.165) is 18.2 Å². The maximum atomic E-state index is 12.5. The van der Waals surface area contributed by atoms with Gasteiger partial charge in [0.2, 0.25) is 10.0 Å². The summed E-state index contributed by atoms with van der Waals surface area (Å²) >= 11 is 0. The molecule has 2 aromatic carbocycles. The molecule has 0 radical (unpaired) electrons. The van der Waals surface area contributed by atoms with Gasteiger partial charge in [0, 0.05) is 12.8 Å². The Morgan fingerprint density at radius 2 is 1.54 bits per heavy atom. The second-order valence-corrected chi connectivity index (χ2v) is 9.40. The lowest BCUT2D eigenvalue weighted by atomic mass is 9.97. The molecule has 2 rings (SSSR count). The van der Waals surface area contributed by atoms with Gasteiger partial charge < -0.3 is 0 Å². The molecule has 1 N–H and O–H groups in total. The van der Waals surface area contributed by atoms with Crippen LogP contribution < -0.4 is 4.72 Å². The molecule has 0 spiro atoms. The molecule has 24 heavy (non-hydrogen) atoms. The van der Waals surface area contributed by atoms with E-state index >= 15 is 0 Å². The van der Waals surface area contributed by atoms with Crippen molar-refractivity contribution in [2.24, 2.45) is 0 Å². The Hall–Kier alpha value is -1.70. The normalized spacial score (nSPS) is 13.6. The van der Waals surface area contributed by atoms with E-state index in [-0.39, 0.29) is 22.3 Å². The summed E-state index contributed by atoms with van der Waals surface area (Å²) in [6.45, 7) is 2.25. The molecule has 0 aliphatic carbocycles. The molecule has 130 valence electrons. The van der Waals surface area contributed by atoms with E-state index < -0.39 is 19.9 Å². The number of nitrogens with one attached hydrogen (secondary N) is 1. The lowest BCUT2D eigenvalue weighted by Crippen LogP contribution is -2.28. The summed E-state index contributed by atoms with van der Waals surface area (Å²) in [5.74, 6) is 0.0547. The Balaban J connectivity index is 2.20. The Morgan fingerprint density at radius 1 is 0.917 bits per heavy atom. The SMILES string of the molecule is CCC(CNS(=O)(=O)c1cccc(S(C)(=O)=O)c1)c1ccccc1. The lowest BCUT2D eigenvalue weighted by molar-refractivity contribution is 0.566. The molecule has 0 fully saturated rings. The summed E-state index contributed by atoms with van der Waals surface area (Å²) in [6.07, 6.45) is 1.84. The molecule has 2 aromatic rings. The van der Waals surface area contributed by atoms with Gasteiger partial charge in [0.05, 0.1) is 9.79 Å². The largest absolute Gasteiger partial charge is 0.240 e. The van der Waals surface area contributed by atoms with Gasteiger partial charge in [-0.15, -0.1) is 0 Å². The van der Waals surface area contributed by atoms with Crippen LogP contribution in [-0.4, -0.2) is 29.6 Å². The first-order valence-electron chi connectivity index (χ1n) is 7.59. The molecule has 1 unspecified atom stereocenters. The molecule has 0 aliphatic heterocycles. The molecule has 0 bridgehead atoms. The van der Waals surface area contributed by atoms with Gasteiger partial charge in [-0.2, -0.15) is 0 Å². The number of sulfone groups is 1. The Labute approximate surface area is 143 Å². The van der Waals surface area contributed by atoms with Crippen LogP contribution in [0.25, 0.3) is 0 Å². The average Bonchev–Trinajstić information content (AvgIpc) is 2.56. The van der Waals surface area contributed by atoms with Gasteiger partial charge in [0.1, 0.15) is 0 Å². The summed E-state index contributed by atoms with van der Waals surface area (Å²) in [7, 11) is -7.23. The van der Waals surface area contributed by atoms with Crippen molar-refractivity contribution in [2.75, 3.05) is 12.8 Å². The van der Waals surface area contributed by atoms with E-state index in [4.69, 9.17) is 0 Å². The smallest absolute Gasteiger partial charge is 0.224 e. The van der Waals surface area contributed by atoms with Gasteiger partial charge in [-0.1, -0.05) is 43.3 Å². The van der Waals surface area contributed by atoms with Crippen molar-refractivity contribution in [1.82, 2.24) is 4.72 Å². The first kappa shape index (κ1) is 18.6. The van der Waals surface area contributed by atoms with Crippen molar-refractivity contribution < 1.29 is 16.8 Å². The maximum Gasteiger partial charge on any atom is 0.240 e. The Morgan fingerprint density at radius 3 is 2.12 bits per heavy atom. The quantitative estimate of drug-likeness (QED) is 0.815. The zero-order valence-electron chi connectivity index (χ0n) is 13.6. The first-order valence-corrected chi connectivity index (χ1v) is 11.0. The molecule has 0 saturated carbocycles. The van der Waals surface area contributed by atoms with Crippen LogP contribution in [0.4, 0.5) is 0 Å². The molecule has 5 nitrogen and oxygen atoms in total. The fourth-order valence-electron chi connectivity index (χ4n) is 2.39. The fraction of sp³-hybridized carbons (Fsp3) is 0.294. The van der Waals surface area contributed by atoms with E-state index in [0.29, 0.717) is 0 Å². The van der Waals surface area contributed by atoms with Crippen LogP contribution in [0.2, 0.25) is 0 Å². The van der Waals surface area contributed by atoms with Gasteiger partial charge in [-0.3, -0.25) is 0 Å². The predicted molar refractivity (Wildman–Crippen MR) is 94.2 cm³/mol. The van der Waals surface area contributed by atoms with Crippen molar-refractivity contribution in [3.63, 3.8) is 0 Å². The van der Waals surface area contributed by atoms with E-state index in [2.05, 4.69) is 4.72 Å². The number of rotatable bonds is 7. The predicted octanol–water partition coefficient (Wildman–Crippen LogP) is 2.56. The van der Waals surface area contributed by atoms with Crippen LogP contribution in [0, 0.1) is 0 Å². The molecule has 0 aromatic heterocycles.